The molecule has 1 aromatic carbocycles. The Bertz CT molecular complexity index is 481. The van der Waals surface area contributed by atoms with Crippen LogP contribution in [-0.4, -0.2) is 14.2 Å². The van der Waals surface area contributed by atoms with Crippen LogP contribution >= 0.6 is 0 Å². The molecule has 0 aromatic heterocycles. The molecule has 0 aliphatic heterocycles. The number of benzene rings is 1. The minimum atomic E-state index is -3.47. The summed E-state index contributed by atoms with van der Waals surface area (Å²) in [4.78, 5) is 10.8. The number of hydrogen-bond acceptors (Lipinski definition) is 3. The van der Waals surface area contributed by atoms with Gasteiger partial charge in [-0.3, -0.25) is 4.79 Å². The summed E-state index contributed by atoms with van der Waals surface area (Å²) in [6.07, 6.45) is 1.05. The maximum absolute atomic E-state index is 11.6. The van der Waals surface area contributed by atoms with Gasteiger partial charge < -0.3 is 0 Å². The van der Waals surface area contributed by atoms with Gasteiger partial charge in [0.15, 0.2) is 15.6 Å². The summed E-state index contributed by atoms with van der Waals surface area (Å²) in [6.45, 7) is 3.18. The number of ketones is 1. The lowest BCUT2D eigenvalue weighted by atomic mass is 10.2. The zero-order valence-corrected chi connectivity index (χ0v) is 9.41. The molecule has 1 aromatic rings. The van der Waals surface area contributed by atoms with Crippen LogP contribution in [0.1, 0.15) is 12.5 Å². The molecular formula is C11H12O3S. The topological polar surface area (TPSA) is 51.2 Å². The van der Waals surface area contributed by atoms with E-state index in [0.29, 0.717) is 0 Å². The molecular weight excluding hydrogens is 212 g/mol. The zero-order valence-electron chi connectivity index (χ0n) is 8.60. The number of allylic oxidation sites excluding steroid dienone is 1. The van der Waals surface area contributed by atoms with Gasteiger partial charge in [0.25, 0.3) is 0 Å². The molecule has 0 amide bonds. The van der Waals surface area contributed by atoms with Gasteiger partial charge in [0.2, 0.25) is 0 Å². The largest absolute Gasteiger partial charge is 0.295 e. The maximum Gasteiger partial charge on any atom is 0.199 e. The summed E-state index contributed by atoms with van der Waals surface area (Å²) >= 11 is 0. The first-order chi connectivity index (χ1) is 6.92. The normalized spacial score (nSPS) is 11.9. The van der Waals surface area contributed by atoms with Crippen molar-refractivity contribution in [3.8, 4) is 0 Å². The van der Waals surface area contributed by atoms with E-state index in [1.54, 1.807) is 12.1 Å². The Morgan fingerprint density at radius 2 is 1.73 bits per heavy atom. The molecule has 0 radical (unpaired) electrons. The number of hydrogen-bond donors (Lipinski definition) is 0. The number of rotatable bonds is 3. The van der Waals surface area contributed by atoms with Crippen LogP contribution in [0.5, 0.6) is 0 Å². The lowest BCUT2D eigenvalue weighted by Gasteiger charge is -1.98. The highest BCUT2D eigenvalue weighted by Gasteiger charge is 2.09. The van der Waals surface area contributed by atoms with Crippen molar-refractivity contribution < 1.29 is 13.2 Å². The molecule has 0 fully saturated rings. The molecule has 0 N–H and O–H groups in total. The quantitative estimate of drug-likeness (QED) is 0.736. The third-order valence-electron chi connectivity index (χ3n) is 1.83. The molecule has 1 rings (SSSR count). The van der Waals surface area contributed by atoms with Gasteiger partial charge in [0, 0.05) is 5.41 Å². The molecule has 80 valence electrons. The van der Waals surface area contributed by atoms with E-state index in [-0.39, 0.29) is 10.7 Å². The fourth-order valence-corrected chi connectivity index (χ4v) is 2.04. The minimum absolute atomic E-state index is 0.200. The molecule has 0 spiro atoms. The van der Waals surface area contributed by atoms with Gasteiger partial charge in [-0.1, -0.05) is 17.7 Å². The van der Waals surface area contributed by atoms with Crippen LogP contribution in [-0.2, 0) is 14.6 Å². The molecule has 0 unspecified atom stereocenters. The van der Waals surface area contributed by atoms with E-state index in [1.807, 2.05) is 6.92 Å². The van der Waals surface area contributed by atoms with Crippen molar-refractivity contribution in [2.75, 3.05) is 0 Å². The number of carbonyl (C=O) groups excluding carboxylic acids is 1. The Hall–Kier alpha value is -1.42. The third kappa shape index (κ3) is 3.32. The second kappa shape index (κ2) is 4.40. The molecule has 0 heterocycles. The van der Waals surface area contributed by atoms with E-state index >= 15 is 0 Å². The summed E-state index contributed by atoms with van der Waals surface area (Å²) in [5, 5.41) is 0.931. The SMILES string of the molecule is CC(=O)C=CS(=O)(=O)c1ccc(C)cc1. The Balaban J connectivity index is 3.07. The van der Waals surface area contributed by atoms with Crippen LogP contribution in [0.2, 0.25) is 0 Å². The van der Waals surface area contributed by atoms with E-state index in [1.165, 1.54) is 19.1 Å². The van der Waals surface area contributed by atoms with E-state index < -0.39 is 9.84 Å². The number of sulfone groups is 1. The van der Waals surface area contributed by atoms with Crippen LogP contribution in [0, 0.1) is 6.92 Å². The summed E-state index contributed by atoms with van der Waals surface area (Å²) in [5.74, 6) is -0.286. The van der Waals surface area contributed by atoms with Crippen LogP contribution in [0.3, 0.4) is 0 Å². The number of carbonyl (C=O) groups is 1. The first-order valence-electron chi connectivity index (χ1n) is 4.42. The molecule has 0 aliphatic rings. The lowest BCUT2D eigenvalue weighted by molar-refractivity contribution is -0.112. The van der Waals surface area contributed by atoms with Crippen molar-refractivity contribution in [1.29, 1.82) is 0 Å². The van der Waals surface area contributed by atoms with Gasteiger partial charge in [0.05, 0.1) is 4.90 Å². The van der Waals surface area contributed by atoms with Crippen LogP contribution in [0.25, 0.3) is 0 Å². The van der Waals surface area contributed by atoms with E-state index in [4.69, 9.17) is 0 Å². The van der Waals surface area contributed by atoms with Crippen molar-refractivity contribution >= 4 is 15.6 Å². The molecule has 15 heavy (non-hydrogen) atoms. The standard InChI is InChI=1S/C11H12O3S/c1-9-3-5-11(6-4-9)15(13,14)8-7-10(2)12/h3-8H,1-2H3. The van der Waals surface area contributed by atoms with Crippen LogP contribution in [0.15, 0.2) is 40.6 Å². The molecule has 0 saturated heterocycles. The molecule has 4 heteroatoms. The van der Waals surface area contributed by atoms with Crippen molar-refractivity contribution in [2.45, 2.75) is 18.7 Å². The molecule has 0 atom stereocenters. The van der Waals surface area contributed by atoms with Crippen molar-refractivity contribution in [3.63, 3.8) is 0 Å². The summed E-state index contributed by atoms with van der Waals surface area (Å²) in [7, 11) is -3.47. The monoisotopic (exact) mass is 224 g/mol. The van der Waals surface area contributed by atoms with Crippen molar-refractivity contribution in [1.82, 2.24) is 0 Å². The van der Waals surface area contributed by atoms with E-state index in [2.05, 4.69) is 0 Å². The summed E-state index contributed by atoms with van der Waals surface area (Å²) in [5.41, 5.74) is 0.990. The third-order valence-corrected chi connectivity index (χ3v) is 3.26. The van der Waals surface area contributed by atoms with Gasteiger partial charge >= 0.3 is 0 Å². The fraction of sp³-hybridized carbons (Fsp3) is 0.182. The van der Waals surface area contributed by atoms with Gasteiger partial charge in [0.1, 0.15) is 0 Å². The van der Waals surface area contributed by atoms with Crippen molar-refractivity contribution in [3.05, 3.63) is 41.3 Å². The van der Waals surface area contributed by atoms with E-state index in [9.17, 15) is 13.2 Å². The Morgan fingerprint density at radius 3 is 2.20 bits per heavy atom. The van der Waals surface area contributed by atoms with Gasteiger partial charge in [-0.15, -0.1) is 0 Å². The molecule has 0 bridgehead atoms. The highest BCUT2D eigenvalue weighted by Crippen LogP contribution is 2.12. The summed E-state index contributed by atoms with van der Waals surface area (Å²) in [6, 6.07) is 6.48. The highest BCUT2D eigenvalue weighted by atomic mass is 32.2. The molecule has 0 aliphatic carbocycles. The Kier molecular flexibility index (Phi) is 3.42. The lowest BCUT2D eigenvalue weighted by Crippen LogP contribution is -1.97. The average Bonchev–Trinajstić information content (AvgIpc) is 2.16. The predicted octanol–water partition coefficient (Wildman–Crippen LogP) is 1.87. The van der Waals surface area contributed by atoms with Gasteiger partial charge in [-0.25, -0.2) is 8.42 Å². The Morgan fingerprint density at radius 1 is 1.20 bits per heavy atom. The van der Waals surface area contributed by atoms with Crippen molar-refractivity contribution in [2.24, 2.45) is 0 Å². The number of aryl methyl sites for hydroxylation is 1. The second-order valence-electron chi connectivity index (χ2n) is 3.27. The average molecular weight is 224 g/mol. The fourth-order valence-electron chi connectivity index (χ4n) is 0.992. The Labute approximate surface area is 89.4 Å². The smallest absolute Gasteiger partial charge is 0.199 e. The molecule has 0 saturated carbocycles. The first kappa shape index (κ1) is 11.7. The maximum atomic E-state index is 11.6. The van der Waals surface area contributed by atoms with E-state index in [0.717, 1.165) is 17.0 Å². The second-order valence-corrected chi connectivity index (χ2v) is 5.11. The van der Waals surface area contributed by atoms with Gasteiger partial charge in [-0.05, 0) is 32.1 Å². The summed E-state index contributed by atoms with van der Waals surface area (Å²) < 4.78 is 23.2. The predicted molar refractivity (Wildman–Crippen MR) is 58.2 cm³/mol. The highest BCUT2D eigenvalue weighted by molar-refractivity contribution is 7.94. The van der Waals surface area contributed by atoms with Crippen LogP contribution < -0.4 is 0 Å². The first-order valence-corrected chi connectivity index (χ1v) is 5.97. The minimum Gasteiger partial charge on any atom is -0.295 e. The van der Waals surface area contributed by atoms with Gasteiger partial charge in [-0.2, -0.15) is 0 Å². The van der Waals surface area contributed by atoms with Crippen LogP contribution in [0.4, 0.5) is 0 Å². The zero-order chi connectivity index (χ0) is 11.5. The molecule has 3 nitrogen and oxygen atoms in total.